The number of nitrogens with zero attached hydrogens (tertiary/aromatic N) is 3. The number of hydrogen-bond acceptors (Lipinski definition) is 3. The predicted octanol–water partition coefficient (Wildman–Crippen LogP) is 5.16. The monoisotopic (exact) mass is 414 g/mol. The van der Waals surface area contributed by atoms with Gasteiger partial charge in [-0.05, 0) is 81.9 Å². The number of carbonyl (C=O) groups is 1. The molecule has 0 unspecified atom stereocenters. The van der Waals surface area contributed by atoms with Gasteiger partial charge >= 0.3 is 0 Å². The van der Waals surface area contributed by atoms with E-state index in [-0.39, 0.29) is 11.9 Å². The fourth-order valence-electron chi connectivity index (χ4n) is 6.12. The fraction of sp³-hybridized carbons (Fsp3) is 0.500. The Balaban J connectivity index is 1.39. The molecule has 1 aromatic carbocycles. The van der Waals surface area contributed by atoms with Gasteiger partial charge in [0.1, 0.15) is 0 Å². The van der Waals surface area contributed by atoms with E-state index < -0.39 is 0 Å². The van der Waals surface area contributed by atoms with Crippen LogP contribution >= 0.6 is 0 Å². The van der Waals surface area contributed by atoms with Crippen molar-refractivity contribution in [2.75, 3.05) is 0 Å². The van der Waals surface area contributed by atoms with Gasteiger partial charge in [-0.3, -0.25) is 4.79 Å². The van der Waals surface area contributed by atoms with Gasteiger partial charge in [0.2, 0.25) is 0 Å². The highest BCUT2D eigenvalue weighted by molar-refractivity contribution is 6.07. The molecule has 3 aromatic rings. The molecule has 4 atom stereocenters. The standard InChI is InChI=1S/C26H30N4O/c1-15(21-13-17-8-9-19(21)12-17)27-26(31)22-14-23(18-10-11-18)28-25-24(22)16(2)29-30(25)20-6-4-3-5-7-20/h3-7,14-15,17-19,21H,8-13H2,1-2H3,(H,27,31)/t15-,17-,19-,21+/m1/s1. The third-order valence-electron chi connectivity index (χ3n) is 7.87. The Morgan fingerprint density at radius 3 is 2.61 bits per heavy atom. The minimum atomic E-state index is 0.0280. The molecule has 6 rings (SSSR count). The van der Waals surface area contributed by atoms with E-state index >= 15 is 0 Å². The highest BCUT2D eigenvalue weighted by Gasteiger charge is 2.42. The zero-order valence-corrected chi connectivity index (χ0v) is 18.3. The van der Waals surface area contributed by atoms with Crippen LogP contribution in [0.5, 0.6) is 0 Å². The maximum Gasteiger partial charge on any atom is 0.252 e. The summed E-state index contributed by atoms with van der Waals surface area (Å²) in [6.07, 6.45) is 7.66. The number of pyridine rings is 1. The second-order valence-electron chi connectivity index (χ2n) is 10.0. The molecule has 2 bridgehead atoms. The summed E-state index contributed by atoms with van der Waals surface area (Å²) >= 11 is 0. The van der Waals surface area contributed by atoms with Crippen molar-refractivity contribution in [1.82, 2.24) is 20.1 Å². The third-order valence-corrected chi connectivity index (χ3v) is 7.87. The number of amides is 1. The summed E-state index contributed by atoms with van der Waals surface area (Å²) in [4.78, 5) is 18.5. The molecule has 3 saturated carbocycles. The van der Waals surface area contributed by atoms with Gasteiger partial charge in [-0.2, -0.15) is 5.10 Å². The van der Waals surface area contributed by atoms with E-state index in [0.29, 0.717) is 11.8 Å². The lowest BCUT2D eigenvalue weighted by Crippen LogP contribution is -2.40. The molecule has 0 saturated heterocycles. The number of aryl methyl sites for hydroxylation is 1. The second-order valence-corrected chi connectivity index (χ2v) is 10.0. The van der Waals surface area contributed by atoms with Crippen LogP contribution in [0, 0.1) is 24.7 Å². The lowest BCUT2D eigenvalue weighted by Gasteiger charge is -2.28. The number of aromatic nitrogens is 3. The first-order valence-electron chi connectivity index (χ1n) is 11.8. The van der Waals surface area contributed by atoms with Gasteiger partial charge in [0.15, 0.2) is 5.65 Å². The van der Waals surface area contributed by atoms with Crippen LogP contribution < -0.4 is 5.32 Å². The fourth-order valence-corrected chi connectivity index (χ4v) is 6.12. The van der Waals surface area contributed by atoms with E-state index in [4.69, 9.17) is 10.1 Å². The van der Waals surface area contributed by atoms with Gasteiger partial charge < -0.3 is 5.32 Å². The second kappa shape index (κ2) is 7.18. The molecule has 0 aliphatic heterocycles. The van der Waals surface area contributed by atoms with Crippen molar-refractivity contribution in [3.63, 3.8) is 0 Å². The predicted molar refractivity (Wildman–Crippen MR) is 121 cm³/mol. The number of hydrogen-bond donors (Lipinski definition) is 1. The van der Waals surface area contributed by atoms with Crippen LogP contribution in [0.1, 0.15) is 73.1 Å². The largest absolute Gasteiger partial charge is 0.349 e. The SMILES string of the molecule is Cc1nn(-c2ccccc2)c2nc(C3CC3)cc(C(=O)N[C@H](C)[C@@H]3C[C@@H]4CC[C@@H]3C4)c12. The molecule has 2 heterocycles. The molecular formula is C26H30N4O. The normalized spacial score (nSPS) is 25.8. The summed E-state index contributed by atoms with van der Waals surface area (Å²) in [5.74, 6) is 2.80. The van der Waals surface area contributed by atoms with Crippen molar-refractivity contribution < 1.29 is 4.79 Å². The van der Waals surface area contributed by atoms with Crippen LogP contribution in [0.15, 0.2) is 36.4 Å². The molecule has 1 amide bonds. The number of rotatable bonds is 5. The number of fused-ring (bicyclic) bond motifs is 3. The number of carbonyl (C=O) groups excluding carboxylic acids is 1. The highest BCUT2D eigenvalue weighted by Crippen LogP contribution is 2.49. The van der Waals surface area contributed by atoms with Crippen molar-refractivity contribution in [2.45, 2.75) is 64.3 Å². The van der Waals surface area contributed by atoms with Crippen LogP contribution in [0.4, 0.5) is 0 Å². The lowest BCUT2D eigenvalue weighted by molar-refractivity contribution is 0.0916. The molecule has 2 aromatic heterocycles. The van der Waals surface area contributed by atoms with Gasteiger partial charge in [-0.15, -0.1) is 0 Å². The first-order chi connectivity index (χ1) is 15.1. The van der Waals surface area contributed by atoms with Gasteiger partial charge in [-0.25, -0.2) is 9.67 Å². The maximum absolute atomic E-state index is 13.5. The van der Waals surface area contributed by atoms with Crippen molar-refractivity contribution in [1.29, 1.82) is 0 Å². The summed E-state index contributed by atoms with van der Waals surface area (Å²) in [7, 11) is 0. The van der Waals surface area contributed by atoms with Crippen molar-refractivity contribution >= 4 is 16.9 Å². The van der Waals surface area contributed by atoms with E-state index in [1.165, 1.54) is 25.7 Å². The Morgan fingerprint density at radius 2 is 1.94 bits per heavy atom. The number of nitrogens with one attached hydrogen (secondary N) is 1. The van der Waals surface area contributed by atoms with Gasteiger partial charge in [0, 0.05) is 17.7 Å². The summed E-state index contributed by atoms with van der Waals surface area (Å²) < 4.78 is 1.90. The van der Waals surface area contributed by atoms with Gasteiger partial charge in [0.25, 0.3) is 5.91 Å². The van der Waals surface area contributed by atoms with E-state index in [0.717, 1.165) is 58.3 Å². The molecule has 0 spiro atoms. The zero-order valence-electron chi connectivity index (χ0n) is 18.3. The van der Waals surface area contributed by atoms with Crippen LogP contribution in [-0.2, 0) is 0 Å². The Bertz CT molecular complexity index is 1150. The van der Waals surface area contributed by atoms with Crippen molar-refractivity contribution in [3.8, 4) is 5.69 Å². The Morgan fingerprint density at radius 1 is 1.13 bits per heavy atom. The van der Waals surface area contributed by atoms with Crippen LogP contribution in [0.2, 0.25) is 0 Å². The molecule has 5 nitrogen and oxygen atoms in total. The van der Waals surface area contributed by atoms with Crippen LogP contribution in [-0.4, -0.2) is 26.7 Å². The molecule has 160 valence electrons. The first kappa shape index (κ1) is 19.0. The van der Waals surface area contributed by atoms with Crippen LogP contribution in [0.3, 0.4) is 0 Å². The average Bonchev–Trinajstić information content (AvgIpc) is 3.28. The summed E-state index contributed by atoms with van der Waals surface area (Å²) in [6, 6.07) is 12.3. The lowest BCUT2D eigenvalue weighted by atomic mass is 9.84. The van der Waals surface area contributed by atoms with E-state index in [1.807, 2.05) is 48.0 Å². The highest BCUT2D eigenvalue weighted by atomic mass is 16.1. The van der Waals surface area contributed by atoms with Gasteiger partial charge in [-0.1, -0.05) is 24.6 Å². The summed E-state index contributed by atoms with van der Waals surface area (Å²) in [5, 5.41) is 9.04. The Kier molecular flexibility index (Phi) is 4.41. The zero-order chi connectivity index (χ0) is 21.1. The summed E-state index contributed by atoms with van der Waals surface area (Å²) in [6.45, 7) is 4.18. The molecule has 1 N–H and O–H groups in total. The molecule has 3 aliphatic rings. The van der Waals surface area contributed by atoms with Crippen molar-refractivity contribution in [2.24, 2.45) is 17.8 Å². The molecule has 3 fully saturated rings. The topological polar surface area (TPSA) is 59.8 Å². The first-order valence-corrected chi connectivity index (χ1v) is 11.8. The minimum absolute atomic E-state index is 0.0280. The molecule has 31 heavy (non-hydrogen) atoms. The van der Waals surface area contributed by atoms with E-state index in [1.54, 1.807) is 0 Å². The van der Waals surface area contributed by atoms with Gasteiger partial charge in [0.05, 0.1) is 22.3 Å². The summed E-state index contributed by atoms with van der Waals surface area (Å²) in [5.41, 5.74) is 4.39. The molecular weight excluding hydrogens is 384 g/mol. The smallest absolute Gasteiger partial charge is 0.252 e. The Labute approximate surface area is 183 Å². The van der Waals surface area contributed by atoms with Crippen molar-refractivity contribution in [3.05, 3.63) is 53.3 Å². The average molecular weight is 415 g/mol. The quantitative estimate of drug-likeness (QED) is 0.627. The van der Waals surface area contributed by atoms with E-state index in [2.05, 4.69) is 12.2 Å². The van der Waals surface area contributed by atoms with Crippen LogP contribution in [0.25, 0.3) is 16.7 Å². The minimum Gasteiger partial charge on any atom is -0.349 e. The molecule has 3 aliphatic carbocycles. The third kappa shape index (κ3) is 3.26. The maximum atomic E-state index is 13.5. The number of para-hydroxylation sites is 1. The molecule has 5 heteroatoms. The molecule has 0 radical (unpaired) electrons. The Hall–Kier alpha value is -2.69. The number of benzene rings is 1. The van der Waals surface area contributed by atoms with E-state index in [9.17, 15) is 4.79 Å².